The number of halogens is 1. The van der Waals surface area contributed by atoms with Crippen LogP contribution >= 0.6 is 22.9 Å². The molecule has 0 saturated heterocycles. The van der Waals surface area contributed by atoms with E-state index in [1.54, 1.807) is 43.5 Å². The maximum atomic E-state index is 13.1. The van der Waals surface area contributed by atoms with Crippen molar-refractivity contribution in [3.63, 3.8) is 0 Å². The number of aromatic nitrogens is 2. The van der Waals surface area contributed by atoms with Gasteiger partial charge in [0.25, 0.3) is 5.91 Å². The molecule has 0 radical (unpaired) electrons. The van der Waals surface area contributed by atoms with Crippen LogP contribution < -0.4 is 5.32 Å². The number of amides is 1. The maximum Gasteiger partial charge on any atom is 0.348 e. The molecule has 1 amide bonds. The number of hydrogen-bond acceptors (Lipinski definition) is 8. The monoisotopic (exact) mass is 479 g/mol. The lowest BCUT2D eigenvalue weighted by Crippen LogP contribution is -2.17. The second-order valence-corrected chi connectivity index (χ2v) is 8.14. The fraction of sp³-hybridized carbons (Fsp3) is 0.333. The van der Waals surface area contributed by atoms with Gasteiger partial charge in [-0.05, 0) is 32.4 Å². The molecule has 0 bridgehead atoms. The summed E-state index contributed by atoms with van der Waals surface area (Å²) >= 11 is 6.96. The second-order valence-electron chi connectivity index (χ2n) is 6.68. The zero-order valence-electron chi connectivity index (χ0n) is 18.0. The van der Waals surface area contributed by atoms with Crippen molar-refractivity contribution in [2.75, 3.05) is 32.2 Å². The SMILES string of the molecule is CCOC(=O)c1c(NC(=O)c2c(C)nc3cc(Cl)ccn23)sc(C(=O)OCCOC)c1C. The molecule has 3 aromatic heterocycles. The molecule has 0 aliphatic carbocycles. The van der Waals surface area contributed by atoms with Crippen molar-refractivity contribution in [3.05, 3.63) is 50.7 Å². The molecule has 0 spiro atoms. The van der Waals surface area contributed by atoms with E-state index >= 15 is 0 Å². The first-order valence-corrected chi connectivity index (χ1v) is 10.9. The predicted molar refractivity (Wildman–Crippen MR) is 120 cm³/mol. The summed E-state index contributed by atoms with van der Waals surface area (Å²) in [5, 5.41) is 3.41. The lowest BCUT2D eigenvalue weighted by Gasteiger charge is -2.08. The topological polar surface area (TPSA) is 108 Å². The third kappa shape index (κ3) is 4.77. The first kappa shape index (κ1) is 23.7. The number of pyridine rings is 1. The highest BCUT2D eigenvalue weighted by Crippen LogP contribution is 2.35. The number of rotatable bonds is 8. The van der Waals surface area contributed by atoms with Crippen LogP contribution in [0, 0.1) is 13.8 Å². The van der Waals surface area contributed by atoms with Crippen LogP contribution in [0.5, 0.6) is 0 Å². The van der Waals surface area contributed by atoms with E-state index in [2.05, 4.69) is 10.3 Å². The van der Waals surface area contributed by atoms with Crippen molar-refractivity contribution in [1.29, 1.82) is 0 Å². The van der Waals surface area contributed by atoms with E-state index in [1.165, 1.54) is 7.11 Å². The Morgan fingerprint density at radius 3 is 2.62 bits per heavy atom. The molecule has 0 aromatic carbocycles. The van der Waals surface area contributed by atoms with Gasteiger partial charge in [0.1, 0.15) is 27.8 Å². The first-order valence-electron chi connectivity index (χ1n) is 9.70. The minimum absolute atomic E-state index is 0.0622. The van der Waals surface area contributed by atoms with Gasteiger partial charge < -0.3 is 19.5 Å². The van der Waals surface area contributed by atoms with Gasteiger partial charge in [-0.15, -0.1) is 11.3 Å². The molecule has 9 nitrogen and oxygen atoms in total. The second kappa shape index (κ2) is 10.1. The highest BCUT2D eigenvalue weighted by molar-refractivity contribution is 7.18. The van der Waals surface area contributed by atoms with Crippen LogP contribution in [0.25, 0.3) is 5.65 Å². The molecule has 0 fully saturated rings. The number of esters is 2. The van der Waals surface area contributed by atoms with Gasteiger partial charge in [-0.1, -0.05) is 11.6 Å². The van der Waals surface area contributed by atoms with E-state index in [9.17, 15) is 14.4 Å². The van der Waals surface area contributed by atoms with E-state index < -0.39 is 17.8 Å². The number of imidazole rings is 1. The Morgan fingerprint density at radius 1 is 1.19 bits per heavy atom. The number of anilines is 1. The summed E-state index contributed by atoms with van der Waals surface area (Å²) in [5.41, 5.74) is 1.75. The molecular weight excluding hydrogens is 458 g/mol. The number of thiophene rings is 1. The van der Waals surface area contributed by atoms with Crippen LogP contribution in [0.2, 0.25) is 5.02 Å². The molecule has 0 aliphatic rings. The maximum absolute atomic E-state index is 13.1. The van der Waals surface area contributed by atoms with Crippen LogP contribution in [0.4, 0.5) is 5.00 Å². The predicted octanol–water partition coefficient (Wildman–Crippen LogP) is 3.90. The van der Waals surface area contributed by atoms with Gasteiger partial charge in [-0.3, -0.25) is 9.20 Å². The highest BCUT2D eigenvalue weighted by atomic mass is 35.5. The third-order valence-corrected chi connectivity index (χ3v) is 5.96. The number of carbonyl (C=O) groups is 3. The molecule has 0 saturated carbocycles. The molecule has 32 heavy (non-hydrogen) atoms. The average Bonchev–Trinajstić information content (AvgIpc) is 3.23. The molecule has 11 heteroatoms. The van der Waals surface area contributed by atoms with Crippen LogP contribution in [-0.4, -0.2) is 54.2 Å². The van der Waals surface area contributed by atoms with Crippen molar-refractivity contribution in [2.24, 2.45) is 0 Å². The Kier molecular flexibility index (Phi) is 7.49. The van der Waals surface area contributed by atoms with Crippen molar-refractivity contribution in [3.8, 4) is 0 Å². The van der Waals surface area contributed by atoms with Crippen LogP contribution in [0.15, 0.2) is 18.3 Å². The molecule has 1 N–H and O–H groups in total. The van der Waals surface area contributed by atoms with Crippen LogP contribution in [-0.2, 0) is 14.2 Å². The van der Waals surface area contributed by atoms with Crippen molar-refractivity contribution in [2.45, 2.75) is 20.8 Å². The van der Waals surface area contributed by atoms with E-state index in [-0.39, 0.29) is 41.0 Å². The number of hydrogen-bond donors (Lipinski definition) is 1. The first-order chi connectivity index (χ1) is 15.3. The zero-order valence-corrected chi connectivity index (χ0v) is 19.6. The van der Waals surface area contributed by atoms with Crippen LogP contribution in [0.1, 0.15) is 48.7 Å². The fourth-order valence-corrected chi connectivity index (χ4v) is 4.34. The lowest BCUT2D eigenvalue weighted by atomic mass is 10.1. The number of nitrogens with one attached hydrogen (secondary N) is 1. The Labute approximate surface area is 193 Å². The molecule has 3 heterocycles. The van der Waals surface area contributed by atoms with Gasteiger partial charge in [0.2, 0.25) is 0 Å². The number of carbonyl (C=O) groups excluding carboxylic acids is 3. The van der Waals surface area contributed by atoms with Crippen LogP contribution in [0.3, 0.4) is 0 Å². The smallest absolute Gasteiger partial charge is 0.348 e. The molecule has 3 rings (SSSR count). The van der Waals surface area contributed by atoms with Gasteiger partial charge in [-0.25, -0.2) is 14.6 Å². The summed E-state index contributed by atoms with van der Waals surface area (Å²) in [6.45, 7) is 5.41. The molecule has 0 aliphatic heterocycles. The lowest BCUT2D eigenvalue weighted by molar-refractivity contribution is 0.0392. The summed E-state index contributed by atoms with van der Waals surface area (Å²) in [6.07, 6.45) is 1.64. The summed E-state index contributed by atoms with van der Waals surface area (Å²) < 4.78 is 16.8. The standard InChI is InChI=1S/C21H22ClN3O6S/c1-5-30-20(27)15-11(2)17(21(28)31-9-8-29-4)32-19(15)24-18(26)16-12(3)23-14-10-13(22)6-7-25(14)16/h6-7,10H,5,8-9H2,1-4H3,(H,24,26). The highest BCUT2D eigenvalue weighted by Gasteiger charge is 2.28. The normalized spacial score (nSPS) is 10.9. The van der Waals surface area contributed by atoms with Crippen molar-refractivity contribution < 1.29 is 28.6 Å². The van der Waals surface area contributed by atoms with Gasteiger partial charge in [0, 0.05) is 24.4 Å². The Balaban J connectivity index is 1.98. The van der Waals surface area contributed by atoms with Gasteiger partial charge in [-0.2, -0.15) is 0 Å². The summed E-state index contributed by atoms with van der Waals surface area (Å²) in [5.74, 6) is -1.76. The quantitative estimate of drug-likeness (QED) is 0.385. The third-order valence-electron chi connectivity index (χ3n) is 4.54. The summed E-state index contributed by atoms with van der Waals surface area (Å²) in [7, 11) is 1.49. The van der Waals surface area contributed by atoms with Gasteiger partial charge in [0.15, 0.2) is 0 Å². The van der Waals surface area contributed by atoms with E-state index in [0.29, 0.717) is 21.9 Å². The molecule has 170 valence electrons. The summed E-state index contributed by atoms with van der Waals surface area (Å²) in [6, 6.07) is 3.28. The van der Waals surface area contributed by atoms with Crippen molar-refractivity contribution in [1.82, 2.24) is 9.38 Å². The van der Waals surface area contributed by atoms with Gasteiger partial charge in [0.05, 0.1) is 24.5 Å². The number of nitrogens with zero attached hydrogens (tertiary/aromatic N) is 2. The summed E-state index contributed by atoms with van der Waals surface area (Å²) in [4.78, 5) is 42.8. The van der Waals surface area contributed by atoms with Gasteiger partial charge >= 0.3 is 11.9 Å². The average molecular weight is 480 g/mol. The number of methoxy groups -OCH3 is 1. The molecule has 0 atom stereocenters. The Bertz CT molecular complexity index is 1190. The number of ether oxygens (including phenoxy) is 3. The number of fused-ring (bicyclic) bond motifs is 1. The molecular formula is C21H22ClN3O6S. The molecule has 3 aromatic rings. The van der Waals surface area contributed by atoms with E-state index in [1.807, 2.05) is 0 Å². The minimum Gasteiger partial charge on any atom is -0.462 e. The Morgan fingerprint density at radius 2 is 1.94 bits per heavy atom. The Hall–Kier alpha value is -2.95. The van der Waals surface area contributed by atoms with E-state index in [4.69, 9.17) is 25.8 Å². The zero-order chi connectivity index (χ0) is 23.4. The molecule has 0 unspecified atom stereocenters. The minimum atomic E-state index is -0.644. The van der Waals surface area contributed by atoms with Crippen molar-refractivity contribution >= 4 is 51.4 Å². The van der Waals surface area contributed by atoms with E-state index in [0.717, 1.165) is 11.3 Å². The number of aryl methyl sites for hydroxylation is 1. The fourth-order valence-electron chi connectivity index (χ4n) is 3.10. The largest absolute Gasteiger partial charge is 0.462 e.